The molecule has 1 aromatic rings. The fourth-order valence-electron chi connectivity index (χ4n) is 4.70. The third-order valence-electron chi connectivity index (χ3n) is 6.38. The number of urea groups is 1. The van der Waals surface area contributed by atoms with Gasteiger partial charge in [-0.15, -0.1) is 0 Å². The quantitative estimate of drug-likeness (QED) is 0.804. The van der Waals surface area contributed by atoms with Gasteiger partial charge >= 0.3 is 6.03 Å². The lowest BCUT2D eigenvalue weighted by Crippen LogP contribution is -2.50. The summed E-state index contributed by atoms with van der Waals surface area (Å²) in [5.74, 6) is 0.0593. The van der Waals surface area contributed by atoms with Crippen molar-refractivity contribution in [2.24, 2.45) is 5.92 Å². The summed E-state index contributed by atoms with van der Waals surface area (Å²) in [5.41, 5.74) is 1.62. The van der Waals surface area contributed by atoms with Crippen LogP contribution in [0.3, 0.4) is 0 Å². The number of hydrogen-bond donors (Lipinski definition) is 2. The SMILES string of the molecule is CC1CCC2(CC1)NC(=O)N(CC(=O)N[C@H]1CCCc3ccccc31)C2=O. The number of benzene rings is 1. The number of fused-ring (bicyclic) bond motifs is 1. The Labute approximate surface area is 159 Å². The lowest BCUT2D eigenvalue weighted by atomic mass is 9.77. The Morgan fingerprint density at radius 2 is 1.96 bits per heavy atom. The van der Waals surface area contributed by atoms with Gasteiger partial charge < -0.3 is 10.6 Å². The van der Waals surface area contributed by atoms with Crippen LogP contribution in [0, 0.1) is 5.92 Å². The van der Waals surface area contributed by atoms with Gasteiger partial charge in [0.05, 0.1) is 6.04 Å². The highest BCUT2D eigenvalue weighted by Gasteiger charge is 2.52. The summed E-state index contributed by atoms with van der Waals surface area (Å²) in [4.78, 5) is 39.0. The molecule has 1 atom stereocenters. The summed E-state index contributed by atoms with van der Waals surface area (Å²) in [5, 5.41) is 5.90. The van der Waals surface area contributed by atoms with Crippen LogP contribution in [0.5, 0.6) is 0 Å². The summed E-state index contributed by atoms with van der Waals surface area (Å²) in [6.07, 6.45) is 6.09. The smallest absolute Gasteiger partial charge is 0.325 e. The van der Waals surface area contributed by atoms with Crippen LogP contribution >= 0.6 is 0 Å². The molecule has 0 unspecified atom stereocenters. The number of nitrogens with zero attached hydrogens (tertiary/aromatic N) is 1. The van der Waals surface area contributed by atoms with Crippen molar-refractivity contribution >= 4 is 17.8 Å². The second-order valence-corrected chi connectivity index (χ2v) is 8.30. The predicted molar refractivity (Wildman–Crippen MR) is 101 cm³/mol. The Morgan fingerprint density at radius 3 is 2.74 bits per heavy atom. The van der Waals surface area contributed by atoms with E-state index in [2.05, 4.69) is 23.6 Å². The van der Waals surface area contributed by atoms with Crippen LogP contribution in [0.4, 0.5) is 4.79 Å². The first-order chi connectivity index (χ1) is 13.0. The summed E-state index contributed by atoms with van der Waals surface area (Å²) in [7, 11) is 0. The largest absolute Gasteiger partial charge is 0.348 e. The molecule has 1 spiro atoms. The van der Waals surface area contributed by atoms with Crippen molar-refractivity contribution in [2.45, 2.75) is 63.5 Å². The minimum atomic E-state index is -0.790. The van der Waals surface area contributed by atoms with E-state index in [-0.39, 0.29) is 24.4 Å². The third-order valence-corrected chi connectivity index (χ3v) is 6.38. The van der Waals surface area contributed by atoms with Crippen LogP contribution in [0.2, 0.25) is 0 Å². The molecule has 1 saturated heterocycles. The van der Waals surface area contributed by atoms with Crippen molar-refractivity contribution in [3.05, 3.63) is 35.4 Å². The first kappa shape index (κ1) is 18.0. The third kappa shape index (κ3) is 3.33. The van der Waals surface area contributed by atoms with Crippen LogP contribution in [-0.2, 0) is 16.0 Å². The first-order valence-electron chi connectivity index (χ1n) is 10.00. The summed E-state index contributed by atoms with van der Waals surface area (Å²) < 4.78 is 0. The average molecular weight is 369 g/mol. The van der Waals surface area contributed by atoms with Crippen molar-refractivity contribution in [1.29, 1.82) is 0 Å². The minimum Gasteiger partial charge on any atom is -0.348 e. The zero-order valence-corrected chi connectivity index (χ0v) is 15.8. The van der Waals surface area contributed by atoms with Crippen molar-refractivity contribution in [2.75, 3.05) is 6.54 Å². The van der Waals surface area contributed by atoms with E-state index < -0.39 is 11.6 Å². The fraction of sp³-hybridized carbons (Fsp3) is 0.571. The number of carbonyl (C=O) groups excluding carboxylic acids is 3. The topological polar surface area (TPSA) is 78.5 Å². The van der Waals surface area contributed by atoms with E-state index in [0.717, 1.165) is 42.6 Å². The van der Waals surface area contributed by atoms with Gasteiger partial charge in [0.2, 0.25) is 5.91 Å². The molecule has 1 aliphatic heterocycles. The van der Waals surface area contributed by atoms with E-state index >= 15 is 0 Å². The van der Waals surface area contributed by atoms with Gasteiger partial charge in [0.25, 0.3) is 5.91 Å². The van der Waals surface area contributed by atoms with E-state index in [4.69, 9.17) is 0 Å². The molecule has 4 rings (SSSR count). The first-order valence-corrected chi connectivity index (χ1v) is 10.00. The van der Waals surface area contributed by atoms with Crippen LogP contribution in [0.25, 0.3) is 0 Å². The molecule has 0 bridgehead atoms. The molecule has 6 nitrogen and oxygen atoms in total. The van der Waals surface area contributed by atoms with E-state index in [1.54, 1.807) is 0 Å². The molecule has 144 valence electrons. The van der Waals surface area contributed by atoms with Crippen molar-refractivity contribution in [3.63, 3.8) is 0 Å². The molecule has 1 saturated carbocycles. The highest BCUT2D eigenvalue weighted by atomic mass is 16.2. The molecule has 0 aromatic heterocycles. The number of amides is 4. The minimum absolute atomic E-state index is 0.0484. The predicted octanol–water partition coefficient (Wildman–Crippen LogP) is 2.68. The molecule has 27 heavy (non-hydrogen) atoms. The highest BCUT2D eigenvalue weighted by molar-refractivity contribution is 6.09. The van der Waals surface area contributed by atoms with Gasteiger partial charge in [-0.05, 0) is 62.0 Å². The lowest BCUT2D eigenvalue weighted by Gasteiger charge is -2.33. The van der Waals surface area contributed by atoms with Gasteiger partial charge in [0.1, 0.15) is 12.1 Å². The Balaban J connectivity index is 1.42. The molecule has 4 amide bonds. The molecular weight excluding hydrogens is 342 g/mol. The summed E-state index contributed by atoms with van der Waals surface area (Å²) in [6.45, 7) is 1.96. The Kier molecular flexibility index (Phi) is 4.66. The zero-order valence-electron chi connectivity index (χ0n) is 15.8. The monoisotopic (exact) mass is 369 g/mol. The van der Waals surface area contributed by atoms with E-state index in [9.17, 15) is 14.4 Å². The van der Waals surface area contributed by atoms with Crippen LogP contribution < -0.4 is 10.6 Å². The molecular formula is C21H27N3O3. The second kappa shape index (κ2) is 6.98. The van der Waals surface area contributed by atoms with Gasteiger partial charge in [-0.2, -0.15) is 0 Å². The van der Waals surface area contributed by atoms with Gasteiger partial charge in [0, 0.05) is 0 Å². The molecule has 2 aliphatic carbocycles. The molecule has 1 heterocycles. The molecule has 2 N–H and O–H groups in total. The maximum absolute atomic E-state index is 12.9. The van der Waals surface area contributed by atoms with E-state index in [1.807, 2.05) is 18.2 Å². The maximum atomic E-state index is 12.9. The molecule has 0 radical (unpaired) electrons. The molecule has 2 fully saturated rings. The highest BCUT2D eigenvalue weighted by Crippen LogP contribution is 2.36. The number of carbonyl (C=O) groups is 3. The normalized spacial score (nSPS) is 30.2. The Hall–Kier alpha value is -2.37. The molecule has 1 aromatic carbocycles. The Bertz CT molecular complexity index is 768. The van der Waals surface area contributed by atoms with Gasteiger partial charge in [-0.1, -0.05) is 31.2 Å². The number of nitrogens with one attached hydrogen (secondary N) is 2. The fourth-order valence-corrected chi connectivity index (χ4v) is 4.70. The standard InChI is InChI=1S/C21H27N3O3/c1-14-9-11-21(12-10-14)19(26)24(20(27)23-21)13-18(25)22-17-8-4-6-15-5-2-3-7-16(15)17/h2-3,5,7,14,17H,4,6,8-13H2,1H3,(H,22,25)(H,23,27)/t14?,17-,21?/m0/s1. The zero-order chi connectivity index (χ0) is 19.0. The molecule has 6 heteroatoms. The van der Waals surface area contributed by atoms with E-state index in [1.165, 1.54) is 5.56 Å². The average Bonchev–Trinajstić information content (AvgIpc) is 2.89. The maximum Gasteiger partial charge on any atom is 0.325 e. The second-order valence-electron chi connectivity index (χ2n) is 8.30. The summed E-state index contributed by atoms with van der Waals surface area (Å²) >= 11 is 0. The number of hydrogen-bond acceptors (Lipinski definition) is 3. The van der Waals surface area contributed by atoms with Crippen LogP contribution in [0.15, 0.2) is 24.3 Å². The van der Waals surface area contributed by atoms with Crippen LogP contribution in [0.1, 0.15) is 62.6 Å². The number of aryl methyl sites for hydroxylation is 1. The van der Waals surface area contributed by atoms with Gasteiger partial charge in [-0.3, -0.25) is 14.5 Å². The lowest BCUT2D eigenvalue weighted by molar-refractivity contribution is -0.136. The van der Waals surface area contributed by atoms with Crippen molar-refractivity contribution in [3.8, 4) is 0 Å². The van der Waals surface area contributed by atoms with Gasteiger partial charge in [-0.25, -0.2) is 4.79 Å². The molecule has 3 aliphatic rings. The van der Waals surface area contributed by atoms with Crippen LogP contribution in [-0.4, -0.2) is 34.8 Å². The van der Waals surface area contributed by atoms with Crippen molar-refractivity contribution < 1.29 is 14.4 Å². The Morgan fingerprint density at radius 1 is 1.22 bits per heavy atom. The van der Waals surface area contributed by atoms with Crippen molar-refractivity contribution in [1.82, 2.24) is 15.5 Å². The van der Waals surface area contributed by atoms with Gasteiger partial charge in [0.15, 0.2) is 0 Å². The summed E-state index contributed by atoms with van der Waals surface area (Å²) in [6, 6.07) is 7.65. The van der Waals surface area contributed by atoms with E-state index in [0.29, 0.717) is 18.8 Å². The number of imide groups is 1. The number of rotatable bonds is 3.